The Labute approximate surface area is 148 Å². The van der Waals surface area contributed by atoms with E-state index in [-0.39, 0.29) is 11.9 Å². The second-order valence-electron chi connectivity index (χ2n) is 9.30. The van der Waals surface area contributed by atoms with Crippen LogP contribution in [-0.4, -0.2) is 33.2 Å². The van der Waals surface area contributed by atoms with Crippen LogP contribution < -0.4 is 10.7 Å². The first-order valence-corrected chi connectivity index (χ1v) is 9.50. The molecule has 0 aromatic heterocycles. The van der Waals surface area contributed by atoms with Gasteiger partial charge in [0.2, 0.25) is 0 Å². The Bertz CT molecular complexity index is 713. The van der Waals surface area contributed by atoms with Gasteiger partial charge in [-0.2, -0.15) is 0 Å². The maximum atomic E-state index is 13.0. The van der Waals surface area contributed by atoms with Gasteiger partial charge in [-0.05, 0) is 88.0 Å². The van der Waals surface area contributed by atoms with Gasteiger partial charge in [0.1, 0.15) is 5.54 Å². The molecule has 4 saturated carbocycles. The number of nitrogens with zero attached hydrogens (tertiary/aromatic N) is 2. The summed E-state index contributed by atoms with van der Waals surface area (Å²) < 4.78 is 0. The first-order chi connectivity index (χ1) is 11.8. The summed E-state index contributed by atoms with van der Waals surface area (Å²) in [6.45, 7) is 3.98. The molecule has 1 amide bonds. The highest BCUT2D eigenvalue weighted by atomic mass is 16.3. The van der Waals surface area contributed by atoms with Crippen molar-refractivity contribution in [3.05, 3.63) is 24.3 Å². The van der Waals surface area contributed by atoms with Gasteiger partial charge in [0.05, 0.1) is 17.3 Å². The van der Waals surface area contributed by atoms with E-state index in [1.165, 1.54) is 0 Å². The topological polar surface area (TPSA) is 69.8 Å². The second kappa shape index (κ2) is 4.70. The van der Waals surface area contributed by atoms with Crippen LogP contribution in [0, 0.1) is 17.8 Å². The Balaban J connectivity index is 1.50. The molecule has 3 N–H and O–H groups in total. The minimum atomic E-state index is -0.526. The average Bonchev–Trinajstić information content (AvgIpc) is 2.53. The number of benzene rings is 1. The molecule has 1 aromatic carbocycles. The molecule has 2 unspecified atom stereocenters. The molecule has 6 rings (SSSR count). The van der Waals surface area contributed by atoms with Gasteiger partial charge in [0, 0.05) is 5.69 Å². The number of rotatable bonds is 2. The molecule has 5 aliphatic rings. The molecule has 134 valence electrons. The van der Waals surface area contributed by atoms with E-state index in [0.717, 1.165) is 43.5 Å². The molecule has 1 aromatic rings. The Hall–Kier alpha value is -1.75. The summed E-state index contributed by atoms with van der Waals surface area (Å²) in [6, 6.07) is 8.02. The lowest BCUT2D eigenvalue weighted by molar-refractivity contribution is -0.190. The van der Waals surface area contributed by atoms with Crippen LogP contribution >= 0.6 is 0 Å². The van der Waals surface area contributed by atoms with E-state index in [2.05, 4.69) is 5.01 Å². The Morgan fingerprint density at radius 1 is 1.08 bits per heavy atom. The molecule has 1 heterocycles. The van der Waals surface area contributed by atoms with Crippen molar-refractivity contribution in [3.63, 3.8) is 0 Å². The third-order valence-electron chi connectivity index (χ3n) is 7.09. The van der Waals surface area contributed by atoms with Crippen LogP contribution in [-0.2, 0) is 4.79 Å². The number of nitrogens with two attached hydrogens (primary N) is 1. The molecule has 1 saturated heterocycles. The van der Waals surface area contributed by atoms with Gasteiger partial charge in [-0.3, -0.25) is 9.80 Å². The lowest BCUT2D eigenvalue weighted by atomic mass is 9.52. The van der Waals surface area contributed by atoms with Gasteiger partial charge in [-0.15, -0.1) is 0 Å². The molecule has 5 fully saturated rings. The molecule has 5 nitrogen and oxygen atoms in total. The van der Waals surface area contributed by atoms with Crippen molar-refractivity contribution in [2.75, 3.05) is 10.7 Å². The number of nitrogen functional groups attached to an aromatic ring is 1. The SMILES string of the molecule is CC1(C)C(=O)N([C@H]2C3CC4CC2C[C@](O)(C4)C3)N1c1ccc(N)cc1. The van der Waals surface area contributed by atoms with Crippen LogP contribution in [0.25, 0.3) is 0 Å². The van der Waals surface area contributed by atoms with Gasteiger partial charge >= 0.3 is 0 Å². The largest absolute Gasteiger partial charge is 0.399 e. The first kappa shape index (κ1) is 15.5. The molecule has 1 aliphatic heterocycles. The zero-order valence-electron chi connectivity index (χ0n) is 15.0. The van der Waals surface area contributed by atoms with Gasteiger partial charge in [0.25, 0.3) is 5.91 Å². The number of hydrogen-bond donors (Lipinski definition) is 2. The van der Waals surface area contributed by atoms with Crippen LogP contribution in [0.5, 0.6) is 0 Å². The van der Waals surface area contributed by atoms with E-state index in [1.54, 1.807) is 0 Å². The third-order valence-corrected chi connectivity index (χ3v) is 7.09. The van der Waals surface area contributed by atoms with Crippen LogP contribution in [0.3, 0.4) is 0 Å². The summed E-state index contributed by atoms with van der Waals surface area (Å²) in [7, 11) is 0. The summed E-state index contributed by atoms with van der Waals surface area (Å²) in [5.74, 6) is 1.70. The molecule has 0 spiro atoms. The lowest BCUT2D eigenvalue weighted by Crippen LogP contribution is -2.80. The summed E-state index contributed by atoms with van der Waals surface area (Å²) >= 11 is 0. The average molecular weight is 341 g/mol. The standard InChI is InChI=1S/C20H27N3O2/c1-19(2)18(24)22(23(19)16-5-3-15(21)4-6-16)17-13-7-12-8-14(17)11-20(25,9-12)10-13/h3-6,12-14,17,25H,7-11,21H2,1-2H3/t12?,13?,14?,17-,20-. The van der Waals surface area contributed by atoms with Crippen molar-refractivity contribution in [1.29, 1.82) is 0 Å². The summed E-state index contributed by atoms with van der Waals surface area (Å²) in [5.41, 5.74) is 6.60. The number of hydrazine groups is 1. The van der Waals surface area contributed by atoms with Crippen molar-refractivity contribution in [2.24, 2.45) is 17.8 Å². The predicted molar refractivity (Wildman–Crippen MR) is 96.6 cm³/mol. The number of hydrogen-bond acceptors (Lipinski definition) is 4. The highest BCUT2D eigenvalue weighted by Gasteiger charge is 2.63. The first-order valence-electron chi connectivity index (χ1n) is 9.50. The van der Waals surface area contributed by atoms with Crippen molar-refractivity contribution < 1.29 is 9.90 Å². The highest BCUT2D eigenvalue weighted by molar-refractivity contribution is 5.98. The third kappa shape index (κ3) is 2.02. The number of amides is 1. The van der Waals surface area contributed by atoms with E-state index >= 15 is 0 Å². The molecule has 0 radical (unpaired) electrons. The van der Waals surface area contributed by atoms with Gasteiger partial charge in [0.15, 0.2) is 0 Å². The maximum Gasteiger partial charge on any atom is 0.268 e. The van der Waals surface area contributed by atoms with E-state index in [1.807, 2.05) is 43.1 Å². The zero-order chi connectivity index (χ0) is 17.6. The molecular formula is C20H27N3O2. The summed E-state index contributed by atoms with van der Waals surface area (Å²) in [6.07, 6.45) is 4.98. The molecular weight excluding hydrogens is 314 g/mol. The number of anilines is 2. The quantitative estimate of drug-likeness (QED) is 0.811. The fourth-order valence-corrected chi connectivity index (χ4v) is 6.37. The van der Waals surface area contributed by atoms with E-state index in [0.29, 0.717) is 17.8 Å². The van der Waals surface area contributed by atoms with Crippen LogP contribution in [0.15, 0.2) is 24.3 Å². The highest BCUT2D eigenvalue weighted by Crippen LogP contribution is 2.58. The van der Waals surface area contributed by atoms with Crippen molar-refractivity contribution in [3.8, 4) is 0 Å². The molecule has 2 atom stereocenters. The predicted octanol–water partition coefficient (Wildman–Crippen LogP) is 2.55. The van der Waals surface area contributed by atoms with Crippen LogP contribution in [0.4, 0.5) is 11.4 Å². The van der Waals surface area contributed by atoms with E-state index in [9.17, 15) is 9.90 Å². The smallest absolute Gasteiger partial charge is 0.268 e. The Morgan fingerprint density at radius 3 is 2.24 bits per heavy atom. The van der Waals surface area contributed by atoms with Gasteiger partial charge in [-0.1, -0.05) is 0 Å². The van der Waals surface area contributed by atoms with Gasteiger partial charge in [-0.25, -0.2) is 5.01 Å². The maximum absolute atomic E-state index is 13.0. The van der Waals surface area contributed by atoms with E-state index < -0.39 is 11.1 Å². The zero-order valence-corrected chi connectivity index (χ0v) is 15.0. The normalized spacial score (nSPS) is 41.2. The summed E-state index contributed by atoms with van der Waals surface area (Å²) in [5, 5.41) is 15.0. The van der Waals surface area contributed by atoms with E-state index in [4.69, 9.17) is 5.73 Å². The van der Waals surface area contributed by atoms with Gasteiger partial charge < -0.3 is 10.8 Å². The lowest BCUT2D eigenvalue weighted by Gasteiger charge is -2.67. The van der Waals surface area contributed by atoms with Crippen LogP contribution in [0.2, 0.25) is 0 Å². The van der Waals surface area contributed by atoms with Crippen molar-refractivity contribution >= 4 is 17.3 Å². The fraction of sp³-hybridized carbons (Fsp3) is 0.650. The monoisotopic (exact) mass is 341 g/mol. The Morgan fingerprint density at radius 2 is 1.68 bits per heavy atom. The summed E-state index contributed by atoms with van der Waals surface area (Å²) in [4.78, 5) is 13.0. The van der Waals surface area contributed by atoms with Crippen molar-refractivity contribution in [2.45, 2.75) is 63.1 Å². The molecule has 4 bridgehead atoms. The van der Waals surface area contributed by atoms with Crippen molar-refractivity contribution in [1.82, 2.24) is 5.01 Å². The minimum Gasteiger partial charge on any atom is -0.399 e. The minimum absolute atomic E-state index is 0.203. The van der Waals surface area contributed by atoms with Crippen LogP contribution in [0.1, 0.15) is 46.0 Å². The fourth-order valence-electron chi connectivity index (χ4n) is 6.37. The molecule has 5 heteroatoms. The number of carbonyl (C=O) groups excluding carboxylic acids is 1. The molecule has 4 aliphatic carbocycles. The Kier molecular flexibility index (Phi) is 2.91. The number of carbonyl (C=O) groups is 1. The molecule has 25 heavy (non-hydrogen) atoms. The number of aliphatic hydroxyl groups is 1. The second-order valence-corrected chi connectivity index (χ2v) is 9.30.